The van der Waals surface area contributed by atoms with Gasteiger partial charge >= 0.3 is 5.97 Å². The summed E-state index contributed by atoms with van der Waals surface area (Å²) in [5.74, 6) is -0.427. The lowest BCUT2D eigenvalue weighted by Gasteiger charge is -2.53. The van der Waals surface area contributed by atoms with Crippen LogP contribution in [0.25, 0.3) is 0 Å². The molecule has 2 aliphatic rings. The SMILES string of the molecule is CC(=O)OC[C@H]1O[C@@H](O[C@H]2[C@H](OCc3ccccc3)[C@@H](OCc3ccccc3)[C@@H](O)O[C@@H]2COCc2ccccc2)[C@H](I)[C@@H](O[Si](C)(C)C(C)(C)C)[C@@H]1O[Si](C)(C)C(C)(C)C. The molecule has 2 fully saturated rings. The Bertz CT molecular complexity index is 1770. The van der Waals surface area contributed by atoms with E-state index in [1.54, 1.807) is 0 Å². The van der Waals surface area contributed by atoms with Crippen molar-refractivity contribution in [2.24, 2.45) is 0 Å². The van der Waals surface area contributed by atoms with Crippen molar-refractivity contribution in [2.75, 3.05) is 13.2 Å². The van der Waals surface area contributed by atoms with Gasteiger partial charge in [0.1, 0.15) is 43.2 Å². The predicted octanol–water partition coefficient (Wildman–Crippen LogP) is 9.35. The van der Waals surface area contributed by atoms with Crippen LogP contribution in [0.2, 0.25) is 36.3 Å². The molecule has 0 radical (unpaired) electrons. The molecule has 2 heterocycles. The number of alkyl halides is 1. The Kier molecular flexibility index (Phi) is 17.8. The van der Waals surface area contributed by atoms with Crippen LogP contribution < -0.4 is 0 Å². The van der Waals surface area contributed by atoms with Gasteiger partial charge in [0.2, 0.25) is 0 Å². The van der Waals surface area contributed by atoms with E-state index in [1.165, 1.54) is 6.92 Å². The second-order valence-electron chi connectivity index (χ2n) is 19.2. The number of rotatable bonds is 18. The summed E-state index contributed by atoms with van der Waals surface area (Å²) in [6.07, 6.45) is -7.59. The first-order valence-electron chi connectivity index (χ1n) is 21.4. The van der Waals surface area contributed by atoms with Crippen molar-refractivity contribution in [3.63, 3.8) is 0 Å². The van der Waals surface area contributed by atoms with E-state index in [9.17, 15) is 9.90 Å². The third-order valence-corrected chi connectivity index (χ3v) is 22.6. The first-order valence-corrected chi connectivity index (χ1v) is 28.4. The maximum absolute atomic E-state index is 12.4. The summed E-state index contributed by atoms with van der Waals surface area (Å²) in [5, 5.41) is 11.5. The van der Waals surface area contributed by atoms with Crippen LogP contribution in [0.3, 0.4) is 0 Å². The van der Waals surface area contributed by atoms with Gasteiger partial charge in [0, 0.05) is 6.92 Å². The molecular formula is C47H69IO11Si2. The zero-order valence-corrected chi connectivity index (χ0v) is 42.0. The van der Waals surface area contributed by atoms with Gasteiger partial charge in [0.05, 0.1) is 36.5 Å². The topological polar surface area (TPSA) is 120 Å². The molecule has 3 aromatic rings. The third-order valence-electron chi connectivity index (χ3n) is 12.4. The minimum Gasteiger partial charge on any atom is -0.463 e. The lowest BCUT2D eigenvalue weighted by molar-refractivity contribution is -0.346. The molecule has 11 nitrogen and oxygen atoms in total. The number of aliphatic hydroxyl groups excluding tert-OH is 1. The van der Waals surface area contributed by atoms with Gasteiger partial charge in [-0.25, -0.2) is 0 Å². The Morgan fingerprint density at radius 3 is 1.54 bits per heavy atom. The Balaban J connectivity index is 1.56. The van der Waals surface area contributed by atoms with Gasteiger partial charge in [0.15, 0.2) is 29.2 Å². The molecule has 1 N–H and O–H groups in total. The van der Waals surface area contributed by atoms with E-state index in [4.69, 9.17) is 42.0 Å². The molecule has 0 saturated carbocycles. The molecule has 2 saturated heterocycles. The average Bonchev–Trinajstić information content (AvgIpc) is 3.19. The minimum absolute atomic E-state index is 0.0601. The van der Waals surface area contributed by atoms with Crippen molar-refractivity contribution in [3.05, 3.63) is 108 Å². The highest BCUT2D eigenvalue weighted by molar-refractivity contribution is 14.1. The Labute approximate surface area is 379 Å². The quantitative estimate of drug-likeness (QED) is 0.0569. The van der Waals surface area contributed by atoms with Crippen LogP contribution in [0.5, 0.6) is 0 Å². The second kappa shape index (κ2) is 21.7. The number of aliphatic hydroxyl groups is 1. The highest BCUT2D eigenvalue weighted by atomic mass is 127. The number of carbonyl (C=O) groups is 1. The van der Waals surface area contributed by atoms with Gasteiger partial charge in [-0.2, -0.15) is 0 Å². The fraction of sp³-hybridized carbons (Fsp3) is 0.596. The van der Waals surface area contributed by atoms with Crippen LogP contribution in [0.15, 0.2) is 91.0 Å². The fourth-order valence-corrected chi connectivity index (χ4v) is 10.5. The predicted molar refractivity (Wildman–Crippen MR) is 249 cm³/mol. The monoisotopic (exact) mass is 992 g/mol. The average molecular weight is 993 g/mol. The molecule has 10 atom stereocenters. The van der Waals surface area contributed by atoms with Crippen LogP contribution >= 0.6 is 22.6 Å². The van der Waals surface area contributed by atoms with Crippen LogP contribution in [-0.4, -0.2) is 100 Å². The van der Waals surface area contributed by atoms with Gasteiger partial charge in [0.25, 0.3) is 0 Å². The molecule has 0 spiro atoms. The number of carbonyl (C=O) groups excluding carboxylic acids is 1. The van der Waals surface area contributed by atoms with Crippen molar-refractivity contribution in [1.29, 1.82) is 0 Å². The molecule has 0 unspecified atom stereocenters. The lowest BCUT2D eigenvalue weighted by atomic mass is 9.97. The Morgan fingerprint density at radius 2 is 1.07 bits per heavy atom. The molecule has 3 aromatic carbocycles. The molecule has 0 bridgehead atoms. The summed E-state index contributed by atoms with van der Waals surface area (Å²) in [6.45, 7) is 24.2. The van der Waals surface area contributed by atoms with E-state index in [0.717, 1.165) is 16.7 Å². The van der Waals surface area contributed by atoms with Gasteiger partial charge in [-0.05, 0) is 53.0 Å². The van der Waals surface area contributed by atoms with Gasteiger partial charge < -0.3 is 47.1 Å². The third kappa shape index (κ3) is 13.7. The number of hydrogen-bond donors (Lipinski definition) is 1. The molecular weight excluding hydrogens is 924 g/mol. The number of benzene rings is 3. The van der Waals surface area contributed by atoms with Crippen LogP contribution in [0.1, 0.15) is 65.2 Å². The van der Waals surface area contributed by atoms with E-state index < -0.39 is 81.8 Å². The normalized spacial score (nSPS) is 27.8. The van der Waals surface area contributed by atoms with E-state index >= 15 is 0 Å². The maximum atomic E-state index is 12.4. The Morgan fingerprint density at radius 1 is 0.623 bits per heavy atom. The maximum Gasteiger partial charge on any atom is 0.302 e. The van der Waals surface area contributed by atoms with E-state index in [0.29, 0.717) is 6.61 Å². The van der Waals surface area contributed by atoms with Crippen LogP contribution in [0, 0.1) is 0 Å². The zero-order chi connectivity index (χ0) is 44.6. The summed E-state index contributed by atoms with van der Waals surface area (Å²) in [7, 11) is -4.89. The van der Waals surface area contributed by atoms with Crippen molar-refractivity contribution in [3.8, 4) is 0 Å². The van der Waals surface area contributed by atoms with Gasteiger partial charge in [-0.3, -0.25) is 4.79 Å². The fourth-order valence-electron chi connectivity index (χ4n) is 6.74. The summed E-state index contributed by atoms with van der Waals surface area (Å²) in [6, 6.07) is 29.5. The molecule has 0 amide bonds. The zero-order valence-electron chi connectivity index (χ0n) is 37.9. The van der Waals surface area contributed by atoms with Gasteiger partial charge in [-0.15, -0.1) is 0 Å². The molecule has 14 heteroatoms. The number of hydrogen-bond acceptors (Lipinski definition) is 11. The molecule has 61 heavy (non-hydrogen) atoms. The standard InChI is InChI=1S/C47H69IO11Si2/c1-32(49)52-31-37-40(58-60(8,9)46(2,3)4)41(59-61(10,11)47(5,6)7)38(48)45(56-37)57-39-36(30-51-27-33-21-15-12-16-22-33)55-44(50)43(54-29-35-25-19-14-20-26-35)42(39)53-28-34-23-17-13-18-24-34/h12-26,36-45,50H,27-31H2,1-11H3/t36-,37-,38-,39-,40-,41-,42+,43-,44+,45+/m1/s1. The summed E-state index contributed by atoms with van der Waals surface area (Å²) in [4.78, 5) is 12.4. The Hall–Kier alpha value is -2.07. The molecule has 0 aromatic heterocycles. The highest BCUT2D eigenvalue weighted by Gasteiger charge is 2.56. The van der Waals surface area contributed by atoms with Crippen molar-refractivity contribution in [2.45, 2.75) is 164 Å². The first kappa shape index (κ1) is 49.9. The van der Waals surface area contributed by atoms with E-state index in [1.807, 2.05) is 91.0 Å². The summed E-state index contributed by atoms with van der Waals surface area (Å²) >= 11 is 2.38. The molecule has 338 valence electrons. The van der Waals surface area contributed by atoms with Crippen LogP contribution in [-0.2, 0) is 66.6 Å². The molecule has 2 aliphatic heterocycles. The number of esters is 1. The first-order chi connectivity index (χ1) is 28.7. The lowest BCUT2D eigenvalue weighted by Crippen LogP contribution is -2.67. The summed E-state index contributed by atoms with van der Waals surface area (Å²) < 4.78 is 60.0. The van der Waals surface area contributed by atoms with Crippen molar-refractivity contribution >= 4 is 45.2 Å². The largest absolute Gasteiger partial charge is 0.463 e. The minimum atomic E-state index is -2.45. The van der Waals surface area contributed by atoms with E-state index in [-0.39, 0.29) is 36.5 Å². The second-order valence-corrected chi connectivity index (χ2v) is 30.1. The van der Waals surface area contributed by atoms with Crippen molar-refractivity contribution < 1.29 is 51.9 Å². The number of halogens is 1. The number of ether oxygens (including phenoxy) is 7. The smallest absolute Gasteiger partial charge is 0.302 e. The highest BCUT2D eigenvalue weighted by Crippen LogP contribution is 2.45. The molecule has 5 rings (SSSR count). The summed E-state index contributed by atoms with van der Waals surface area (Å²) in [5.41, 5.74) is 2.86. The van der Waals surface area contributed by atoms with E-state index in [2.05, 4.69) is 90.3 Å². The molecule has 0 aliphatic carbocycles. The van der Waals surface area contributed by atoms with Gasteiger partial charge in [-0.1, -0.05) is 155 Å². The van der Waals surface area contributed by atoms with Crippen LogP contribution in [0.4, 0.5) is 0 Å². The van der Waals surface area contributed by atoms with Crippen molar-refractivity contribution in [1.82, 2.24) is 0 Å².